The van der Waals surface area contributed by atoms with Gasteiger partial charge in [-0.25, -0.2) is 0 Å². The second-order valence-corrected chi connectivity index (χ2v) is 5.17. The van der Waals surface area contributed by atoms with Crippen molar-refractivity contribution < 1.29 is 9.84 Å². The summed E-state index contributed by atoms with van der Waals surface area (Å²) in [6.07, 6.45) is -0.447. The molecule has 21 heavy (non-hydrogen) atoms. The summed E-state index contributed by atoms with van der Waals surface area (Å²) in [7, 11) is 0. The number of hydrogen-bond donors (Lipinski definition) is 1. The maximum atomic E-state index is 9.50. The van der Waals surface area contributed by atoms with E-state index in [1.807, 2.05) is 36.4 Å². The molecule has 0 spiro atoms. The lowest BCUT2D eigenvalue weighted by molar-refractivity contribution is 0.199. The number of aliphatic hydroxyl groups excluding tert-OH is 1. The molecule has 0 saturated carbocycles. The third-order valence-electron chi connectivity index (χ3n) is 3.64. The molecule has 0 bridgehead atoms. The van der Waals surface area contributed by atoms with Crippen LogP contribution in [0.1, 0.15) is 24.2 Å². The Kier molecular flexibility index (Phi) is 3.89. The van der Waals surface area contributed by atoms with E-state index in [0.717, 1.165) is 11.3 Å². The summed E-state index contributed by atoms with van der Waals surface area (Å²) in [5, 5.41) is 11.9. The molecule has 0 aliphatic rings. The molecule has 0 fully saturated rings. The molecule has 3 rings (SSSR count). The van der Waals surface area contributed by atoms with Gasteiger partial charge in [0.05, 0.1) is 6.10 Å². The van der Waals surface area contributed by atoms with Gasteiger partial charge in [-0.05, 0) is 41.0 Å². The molecule has 2 nitrogen and oxygen atoms in total. The minimum atomic E-state index is -0.447. The summed E-state index contributed by atoms with van der Waals surface area (Å²) < 4.78 is 5.85. The van der Waals surface area contributed by atoms with Crippen molar-refractivity contribution in [2.75, 3.05) is 0 Å². The minimum Gasteiger partial charge on any atom is -0.489 e. The van der Waals surface area contributed by atoms with Crippen LogP contribution in [0.25, 0.3) is 10.8 Å². The Morgan fingerprint density at radius 2 is 1.62 bits per heavy atom. The summed E-state index contributed by atoms with van der Waals surface area (Å²) in [6, 6.07) is 22.1. The summed E-state index contributed by atoms with van der Waals surface area (Å²) in [6.45, 7) is 2.29. The standard InChI is InChI=1S/C19H18O2/c1-14(20)15-9-11-18(12-10-15)21-13-17-7-4-6-16-5-2-3-8-19(16)17/h2-12,14,20H,13H2,1H3. The van der Waals surface area contributed by atoms with Crippen LogP contribution in [0, 0.1) is 0 Å². The van der Waals surface area contributed by atoms with E-state index in [9.17, 15) is 5.11 Å². The van der Waals surface area contributed by atoms with Crippen LogP contribution in [-0.2, 0) is 6.61 Å². The van der Waals surface area contributed by atoms with Gasteiger partial charge in [-0.15, -0.1) is 0 Å². The topological polar surface area (TPSA) is 29.5 Å². The minimum absolute atomic E-state index is 0.447. The number of fused-ring (bicyclic) bond motifs is 1. The van der Waals surface area contributed by atoms with Crippen LogP contribution in [0.2, 0.25) is 0 Å². The Morgan fingerprint density at radius 3 is 2.38 bits per heavy atom. The first-order valence-corrected chi connectivity index (χ1v) is 7.11. The zero-order chi connectivity index (χ0) is 14.7. The number of hydrogen-bond acceptors (Lipinski definition) is 2. The first kappa shape index (κ1) is 13.7. The molecule has 106 valence electrons. The average Bonchev–Trinajstić information content (AvgIpc) is 2.53. The van der Waals surface area contributed by atoms with Gasteiger partial charge in [0.2, 0.25) is 0 Å². The van der Waals surface area contributed by atoms with Crippen LogP contribution in [0.5, 0.6) is 5.75 Å². The lowest BCUT2D eigenvalue weighted by atomic mass is 10.1. The normalized spacial score (nSPS) is 12.3. The molecule has 1 N–H and O–H groups in total. The second kappa shape index (κ2) is 5.98. The van der Waals surface area contributed by atoms with Crippen LogP contribution in [0.4, 0.5) is 0 Å². The molecule has 0 aromatic heterocycles. The fourth-order valence-electron chi connectivity index (χ4n) is 2.42. The van der Waals surface area contributed by atoms with E-state index in [-0.39, 0.29) is 0 Å². The van der Waals surface area contributed by atoms with Crippen molar-refractivity contribution in [3.8, 4) is 5.75 Å². The highest BCUT2D eigenvalue weighted by Crippen LogP contribution is 2.22. The van der Waals surface area contributed by atoms with Crippen LogP contribution in [0.3, 0.4) is 0 Å². The van der Waals surface area contributed by atoms with Crippen molar-refractivity contribution in [1.29, 1.82) is 0 Å². The molecule has 0 aliphatic carbocycles. The lowest BCUT2D eigenvalue weighted by Crippen LogP contribution is -1.97. The molecule has 1 atom stereocenters. The Morgan fingerprint density at radius 1 is 0.905 bits per heavy atom. The molecule has 3 aromatic carbocycles. The Hall–Kier alpha value is -2.32. The van der Waals surface area contributed by atoms with Crippen molar-refractivity contribution in [2.24, 2.45) is 0 Å². The summed E-state index contributed by atoms with van der Waals surface area (Å²) >= 11 is 0. The monoisotopic (exact) mass is 278 g/mol. The predicted octanol–water partition coefficient (Wildman–Crippen LogP) is 4.47. The Bertz CT molecular complexity index is 725. The molecule has 3 aromatic rings. The number of ether oxygens (including phenoxy) is 1. The lowest BCUT2D eigenvalue weighted by Gasteiger charge is -2.10. The molecule has 1 unspecified atom stereocenters. The van der Waals surface area contributed by atoms with Gasteiger partial charge in [-0.3, -0.25) is 0 Å². The largest absolute Gasteiger partial charge is 0.489 e. The van der Waals surface area contributed by atoms with Gasteiger partial charge in [0.25, 0.3) is 0 Å². The van der Waals surface area contributed by atoms with E-state index in [1.54, 1.807) is 6.92 Å². The van der Waals surface area contributed by atoms with E-state index >= 15 is 0 Å². The van der Waals surface area contributed by atoms with Crippen molar-refractivity contribution in [2.45, 2.75) is 19.6 Å². The SMILES string of the molecule is CC(O)c1ccc(OCc2cccc3ccccc23)cc1. The fourth-order valence-corrected chi connectivity index (χ4v) is 2.42. The smallest absolute Gasteiger partial charge is 0.119 e. The Labute approximate surface area is 124 Å². The van der Waals surface area contributed by atoms with Gasteiger partial charge in [0.15, 0.2) is 0 Å². The molecule has 0 radical (unpaired) electrons. The van der Waals surface area contributed by atoms with Gasteiger partial charge < -0.3 is 9.84 Å². The van der Waals surface area contributed by atoms with Gasteiger partial charge in [0.1, 0.15) is 12.4 Å². The first-order chi connectivity index (χ1) is 10.2. The number of benzene rings is 3. The molecule has 0 aliphatic heterocycles. The predicted molar refractivity (Wildman–Crippen MR) is 85.4 cm³/mol. The molecule has 0 amide bonds. The average molecular weight is 278 g/mol. The van der Waals surface area contributed by atoms with Gasteiger partial charge in [-0.1, -0.05) is 54.6 Å². The van der Waals surface area contributed by atoms with Crippen LogP contribution in [0.15, 0.2) is 66.7 Å². The van der Waals surface area contributed by atoms with Crippen molar-refractivity contribution >= 4 is 10.8 Å². The third kappa shape index (κ3) is 3.06. The van der Waals surface area contributed by atoms with Crippen LogP contribution in [-0.4, -0.2) is 5.11 Å². The third-order valence-corrected chi connectivity index (χ3v) is 3.64. The van der Waals surface area contributed by atoms with E-state index in [0.29, 0.717) is 6.61 Å². The Balaban J connectivity index is 1.77. The highest BCUT2D eigenvalue weighted by atomic mass is 16.5. The van der Waals surface area contributed by atoms with Crippen molar-refractivity contribution in [3.05, 3.63) is 77.9 Å². The van der Waals surface area contributed by atoms with Gasteiger partial charge in [-0.2, -0.15) is 0 Å². The van der Waals surface area contributed by atoms with Crippen molar-refractivity contribution in [1.82, 2.24) is 0 Å². The van der Waals surface area contributed by atoms with E-state index in [4.69, 9.17) is 4.74 Å². The zero-order valence-electron chi connectivity index (χ0n) is 12.0. The molecule has 2 heteroatoms. The summed E-state index contributed by atoms with van der Waals surface area (Å²) in [5.41, 5.74) is 2.07. The maximum absolute atomic E-state index is 9.50. The highest BCUT2D eigenvalue weighted by Gasteiger charge is 2.03. The second-order valence-electron chi connectivity index (χ2n) is 5.17. The highest BCUT2D eigenvalue weighted by molar-refractivity contribution is 5.85. The molecular formula is C19H18O2. The quantitative estimate of drug-likeness (QED) is 0.763. The zero-order valence-corrected chi connectivity index (χ0v) is 12.0. The van der Waals surface area contributed by atoms with E-state index < -0.39 is 6.10 Å². The number of rotatable bonds is 4. The fraction of sp³-hybridized carbons (Fsp3) is 0.158. The van der Waals surface area contributed by atoms with Crippen molar-refractivity contribution in [3.63, 3.8) is 0 Å². The van der Waals surface area contributed by atoms with E-state index in [2.05, 4.69) is 30.3 Å². The maximum Gasteiger partial charge on any atom is 0.119 e. The molecular weight excluding hydrogens is 260 g/mol. The summed E-state index contributed by atoms with van der Waals surface area (Å²) in [4.78, 5) is 0. The number of aliphatic hydroxyl groups is 1. The molecule has 0 heterocycles. The van der Waals surface area contributed by atoms with Gasteiger partial charge >= 0.3 is 0 Å². The van der Waals surface area contributed by atoms with Gasteiger partial charge in [0, 0.05) is 0 Å². The first-order valence-electron chi connectivity index (χ1n) is 7.11. The van der Waals surface area contributed by atoms with Crippen LogP contribution < -0.4 is 4.74 Å². The summed E-state index contributed by atoms with van der Waals surface area (Å²) in [5.74, 6) is 0.812. The molecule has 0 saturated heterocycles. The van der Waals surface area contributed by atoms with Crippen LogP contribution >= 0.6 is 0 Å². The van der Waals surface area contributed by atoms with E-state index in [1.165, 1.54) is 16.3 Å².